The minimum absolute atomic E-state index is 0.109. The summed E-state index contributed by atoms with van der Waals surface area (Å²) in [7, 11) is 0. The highest BCUT2D eigenvalue weighted by atomic mass is 79.9. The average Bonchev–Trinajstić information content (AvgIpc) is 2.60. The third-order valence-corrected chi connectivity index (χ3v) is 5.49. The lowest BCUT2D eigenvalue weighted by Crippen LogP contribution is -2.44. The number of halogens is 3. The topological polar surface area (TPSA) is 32.3 Å². The van der Waals surface area contributed by atoms with Crippen molar-refractivity contribution in [2.24, 2.45) is 0 Å². The number of likely N-dealkylation sites (tertiary alicyclic amines) is 1. The monoisotopic (exact) mass is 440 g/mol. The summed E-state index contributed by atoms with van der Waals surface area (Å²) in [4.78, 5) is 14.8. The molecule has 3 rings (SSSR count). The number of hydrogen-bond acceptors (Lipinski definition) is 2. The molecule has 1 fully saturated rings. The molecule has 1 heterocycles. The highest BCUT2D eigenvalue weighted by molar-refractivity contribution is 9.10. The number of piperidine rings is 1. The fraction of sp³-hybridized carbons (Fsp3) is 0.316. The minimum atomic E-state index is -0.109. The summed E-state index contributed by atoms with van der Waals surface area (Å²) in [5.74, 6) is -0.109. The van der Waals surface area contributed by atoms with E-state index in [1.54, 1.807) is 12.1 Å². The van der Waals surface area contributed by atoms with E-state index in [1.807, 2.05) is 18.2 Å². The van der Waals surface area contributed by atoms with Crippen LogP contribution in [0.3, 0.4) is 0 Å². The van der Waals surface area contributed by atoms with E-state index in [2.05, 4.69) is 38.3 Å². The summed E-state index contributed by atoms with van der Waals surface area (Å²) in [6.45, 7) is 2.83. The van der Waals surface area contributed by atoms with Gasteiger partial charge < -0.3 is 5.32 Å². The van der Waals surface area contributed by atoms with Crippen LogP contribution >= 0.6 is 39.1 Å². The lowest BCUT2D eigenvalue weighted by molar-refractivity contribution is 0.0909. The Morgan fingerprint density at radius 2 is 1.80 bits per heavy atom. The number of nitrogens with zero attached hydrogens (tertiary/aromatic N) is 1. The zero-order valence-corrected chi connectivity index (χ0v) is 16.7. The van der Waals surface area contributed by atoms with Gasteiger partial charge in [0.2, 0.25) is 0 Å². The molecular weight excluding hydrogens is 423 g/mol. The van der Waals surface area contributed by atoms with Crippen molar-refractivity contribution in [2.45, 2.75) is 25.4 Å². The fourth-order valence-corrected chi connectivity index (χ4v) is 3.71. The van der Waals surface area contributed by atoms with Crippen LogP contribution in [0.5, 0.6) is 0 Å². The molecule has 0 bridgehead atoms. The maximum atomic E-state index is 12.4. The Labute approximate surface area is 166 Å². The van der Waals surface area contributed by atoms with Gasteiger partial charge in [-0.1, -0.05) is 51.3 Å². The summed E-state index contributed by atoms with van der Waals surface area (Å²) >= 11 is 15.4. The molecular formula is C19H19BrCl2N2O. The molecule has 3 nitrogen and oxygen atoms in total. The standard InChI is InChI=1S/C19H19BrCl2N2O/c20-14-3-6-18(22)17(11-14)19(25)23-16-7-9-24(10-8-16)12-13-1-4-15(21)5-2-13/h1-6,11,16H,7-10,12H2,(H,23,25). The van der Waals surface area contributed by atoms with E-state index in [0.717, 1.165) is 42.0 Å². The van der Waals surface area contributed by atoms with Crippen molar-refractivity contribution in [1.29, 1.82) is 0 Å². The van der Waals surface area contributed by atoms with Gasteiger partial charge in [-0.2, -0.15) is 0 Å². The van der Waals surface area contributed by atoms with E-state index in [-0.39, 0.29) is 11.9 Å². The molecule has 0 radical (unpaired) electrons. The quantitative estimate of drug-likeness (QED) is 0.711. The number of hydrogen-bond donors (Lipinski definition) is 1. The Morgan fingerprint density at radius 1 is 1.12 bits per heavy atom. The molecule has 0 saturated carbocycles. The minimum Gasteiger partial charge on any atom is -0.349 e. The SMILES string of the molecule is O=C(NC1CCN(Cc2ccc(Cl)cc2)CC1)c1cc(Br)ccc1Cl. The molecule has 1 aliphatic heterocycles. The van der Waals surface area contributed by atoms with E-state index in [4.69, 9.17) is 23.2 Å². The van der Waals surface area contributed by atoms with Crippen molar-refractivity contribution in [3.05, 3.63) is 68.1 Å². The smallest absolute Gasteiger partial charge is 0.253 e. The maximum absolute atomic E-state index is 12.4. The van der Waals surface area contributed by atoms with Crippen molar-refractivity contribution in [2.75, 3.05) is 13.1 Å². The van der Waals surface area contributed by atoms with Crippen molar-refractivity contribution < 1.29 is 4.79 Å². The van der Waals surface area contributed by atoms with Crippen molar-refractivity contribution >= 4 is 45.0 Å². The van der Waals surface area contributed by atoms with Gasteiger partial charge in [-0.05, 0) is 48.7 Å². The van der Waals surface area contributed by atoms with Crippen LogP contribution in [0.4, 0.5) is 0 Å². The second-order valence-corrected chi connectivity index (χ2v) is 8.03. The van der Waals surface area contributed by atoms with E-state index in [0.29, 0.717) is 10.6 Å². The van der Waals surface area contributed by atoms with E-state index >= 15 is 0 Å². The molecule has 0 spiro atoms. The molecule has 1 aliphatic rings. The Kier molecular flexibility index (Phi) is 6.39. The fourth-order valence-electron chi connectivity index (χ4n) is 3.02. The molecule has 0 aromatic heterocycles. The predicted molar refractivity (Wildman–Crippen MR) is 106 cm³/mol. The molecule has 2 aromatic rings. The normalized spacial score (nSPS) is 16.0. The van der Waals surface area contributed by atoms with E-state index < -0.39 is 0 Å². The first kappa shape index (κ1) is 18.7. The van der Waals surface area contributed by atoms with E-state index in [9.17, 15) is 4.79 Å². The summed E-state index contributed by atoms with van der Waals surface area (Å²) in [5.41, 5.74) is 1.77. The highest BCUT2D eigenvalue weighted by Gasteiger charge is 2.22. The zero-order chi connectivity index (χ0) is 17.8. The Hall–Kier alpha value is -1.07. The average molecular weight is 442 g/mol. The second kappa shape index (κ2) is 8.54. The lowest BCUT2D eigenvalue weighted by Gasteiger charge is -2.32. The molecule has 2 aromatic carbocycles. The Bertz CT molecular complexity index is 744. The van der Waals surface area contributed by atoms with Gasteiger partial charge in [-0.3, -0.25) is 9.69 Å². The summed E-state index contributed by atoms with van der Waals surface area (Å²) in [6, 6.07) is 13.5. The number of carbonyl (C=O) groups excluding carboxylic acids is 1. The van der Waals surface area contributed by atoms with Crippen LogP contribution in [-0.2, 0) is 6.54 Å². The third kappa shape index (κ3) is 5.20. The summed E-state index contributed by atoms with van der Waals surface area (Å²) < 4.78 is 0.847. The largest absolute Gasteiger partial charge is 0.349 e. The molecule has 1 saturated heterocycles. The highest BCUT2D eigenvalue weighted by Crippen LogP contribution is 2.22. The Morgan fingerprint density at radius 3 is 2.48 bits per heavy atom. The molecule has 1 N–H and O–H groups in total. The van der Waals surface area contributed by atoms with Gasteiger partial charge in [0.25, 0.3) is 5.91 Å². The van der Waals surface area contributed by atoms with Crippen LogP contribution in [0, 0.1) is 0 Å². The van der Waals surface area contributed by atoms with E-state index in [1.165, 1.54) is 5.56 Å². The van der Waals surface area contributed by atoms with Crippen LogP contribution < -0.4 is 5.32 Å². The first-order chi connectivity index (χ1) is 12.0. The molecule has 0 aliphatic carbocycles. The van der Waals surface area contributed by atoms with Crippen LogP contribution in [0.25, 0.3) is 0 Å². The number of rotatable bonds is 4. The number of benzene rings is 2. The lowest BCUT2D eigenvalue weighted by atomic mass is 10.0. The van der Waals surface area contributed by atoms with Crippen molar-refractivity contribution in [3.63, 3.8) is 0 Å². The zero-order valence-electron chi connectivity index (χ0n) is 13.6. The van der Waals surface area contributed by atoms with Crippen LogP contribution in [0.1, 0.15) is 28.8 Å². The Balaban J connectivity index is 1.51. The predicted octanol–water partition coefficient (Wildman–Crippen LogP) is 5.15. The molecule has 1 amide bonds. The molecule has 25 heavy (non-hydrogen) atoms. The number of amides is 1. The van der Waals surface area contributed by atoms with Gasteiger partial charge in [-0.25, -0.2) is 0 Å². The van der Waals surface area contributed by atoms with Gasteiger partial charge in [0.05, 0.1) is 10.6 Å². The third-order valence-electron chi connectivity index (χ3n) is 4.42. The van der Waals surface area contributed by atoms with Crippen LogP contribution in [0.2, 0.25) is 10.0 Å². The second-order valence-electron chi connectivity index (χ2n) is 6.27. The van der Waals surface area contributed by atoms with Gasteiger partial charge >= 0.3 is 0 Å². The van der Waals surface area contributed by atoms with Gasteiger partial charge in [-0.15, -0.1) is 0 Å². The van der Waals surface area contributed by atoms with Crippen LogP contribution in [-0.4, -0.2) is 29.9 Å². The molecule has 0 unspecified atom stereocenters. The first-order valence-electron chi connectivity index (χ1n) is 8.24. The van der Waals surface area contributed by atoms with Crippen molar-refractivity contribution in [1.82, 2.24) is 10.2 Å². The summed E-state index contributed by atoms with van der Waals surface area (Å²) in [5, 5.41) is 4.34. The molecule has 0 atom stereocenters. The van der Waals surface area contributed by atoms with Gasteiger partial charge in [0, 0.05) is 35.2 Å². The molecule has 132 valence electrons. The summed E-state index contributed by atoms with van der Waals surface area (Å²) in [6.07, 6.45) is 1.87. The maximum Gasteiger partial charge on any atom is 0.253 e. The first-order valence-corrected chi connectivity index (χ1v) is 9.79. The number of carbonyl (C=O) groups is 1. The molecule has 6 heteroatoms. The van der Waals surface area contributed by atoms with Crippen molar-refractivity contribution in [3.8, 4) is 0 Å². The van der Waals surface area contributed by atoms with Crippen LogP contribution in [0.15, 0.2) is 46.9 Å². The van der Waals surface area contributed by atoms with Gasteiger partial charge in [0.15, 0.2) is 0 Å². The number of nitrogens with one attached hydrogen (secondary N) is 1. The van der Waals surface area contributed by atoms with Gasteiger partial charge in [0.1, 0.15) is 0 Å².